The zero-order valence-electron chi connectivity index (χ0n) is 8.85. The summed E-state index contributed by atoms with van der Waals surface area (Å²) in [7, 11) is 0. The number of hydrogen-bond acceptors (Lipinski definition) is 5. The number of aliphatic carboxylic acids is 1. The van der Waals surface area contributed by atoms with Crippen molar-refractivity contribution in [3.05, 3.63) is 17.5 Å². The van der Waals surface area contributed by atoms with Crippen LogP contribution >= 0.6 is 0 Å². The minimum Gasteiger partial charge on any atom is -0.479 e. The molecule has 7 nitrogen and oxygen atoms in total. The van der Waals surface area contributed by atoms with E-state index in [0.29, 0.717) is 5.56 Å². The minimum absolute atomic E-state index is 0.00110. The van der Waals surface area contributed by atoms with Crippen molar-refractivity contribution in [3.8, 4) is 0 Å². The molecule has 1 amide bonds. The predicted molar refractivity (Wildman–Crippen MR) is 51.8 cm³/mol. The second-order valence-corrected chi connectivity index (χ2v) is 3.60. The maximum absolute atomic E-state index is 11.4. The van der Waals surface area contributed by atoms with E-state index in [4.69, 9.17) is 5.11 Å². The zero-order chi connectivity index (χ0) is 12.3. The van der Waals surface area contributed by atoms with E-state index in [9.17, 15) is 14.7 Å². The molecule has 1 aromatic rings. The van der Waals surface area contributed by atoms with Crippen LogP contribution in [0.5, 0.6) is 0 Å². The minimum atomic E-state index is -2.01. The molecule has 0 aliphatic heterocycles. The number of carboxylic acids is 1. The van der Waals surface area contributed by atoms with E-state index in [1.807, 2.05) is 0 Å². The molecule has 0 radical (unpaired) electrons. The summed E-state index contributed by atoms with van der Waals surface area (Å²) in [5.41, 5.74) is -1.48. The Morgan fingerprint density at radius 3 is 2.69 bits per heavy atom. The Bertz CT molecular complexity index is 410. The molecule has 1 aromatic heterocycles. The Labute approximate surface area is 91.0 Å². The van der Waals surface area contributed by atoms with Gasteiger partial charge in [0.1, 0.15) is 0 Å². The quantitative estimate of drug-likeness (QED) is 0.643. The van der Waals surface area contributed by atoms with Gasteiger partial charge in [-0.1, -0.05) is 5.16 Å². The Morgan fingerprint density at radius 2 is 2.25 bits per heavy atom. The van der Waals surface area contributed by atoms with Gasteiger partial charge in [-0.05, 0) is 13.8 Å². The predicted octanol–water partition coefficient (Wildman–Crippen LogP) is -0.452. The number of rotatable bonds is 4. The highest BCUT2D eigenvalue weighted by Crippen LogP contribution is 2.06. The third-order valence-electron chi connectivity index (χ3n) is 2.01. The summed E-state index contributed by atoms with van der Waals surface area (Å²) < 4.78 is 4.66. The molecule has 1 atom stereocenters. The molecule has 16 heavy (non-hydrogen) atoms. The SMILES string of the molecule is Cc1cnoc1C(=O)NCC(C)(O)C(=O)O. The van der Waals surface area contributed by atoms with Gasteiger partial charge in [0.15, 0.2) is 5.60 Å². The van der Waals surface area contributed by atoms with Crippen LogP contribution in [0.4, 0.5) is 0 Å². The molecule has 0 spiro atoms. The molecule has 1 unspecified atom stereocenters. The van der Waals surface area contributed by atoms with Crippen LogP contribution in [0.15, 0.2) is 10.7 Å². The number of aryl methyl sites for hydroxylation is 1. The number of nitrogens with zero attached hydrogens (tertiary/aromatic N) is 1. The van der Waals surface area contributed by atoms with E-state index in [1.54, 1.807) is 6.92 Å². The van der Waals surface area contributed by atoms with Crippen LogP contribution in [0.25, 0.3) is 0 Å². The maximum Gasteiger partial charge on any atom is 0.337 e. The van der Waals surface area contributed by atoms with Gasteiger partial charge in [-0.25, -0.2) is 4.79 Å². The molecular formula is C9H12N2O5. The summed E-state index contributed by atoms with van der Waals surface area (Å²) >= 11 is 0. The second kappa shape index (κ2) is 4.31. The average Bonchev–Trinajstić information content (AvgIpc) is 2.61. The van der Waals surface area contributed by atoms with Crippen LogP contribution in [-0.2, 0) is 4.79 Å². The normalized spacial score (nSPS) is 14.2. The van der Waals surface area contributed by atoms with Gasteiger partial charge in [-0.15, -0.1) is 0 Å². The standard InChI is InChI=1S/C9H12N2O5/c1-5-3-11-16-6(5)7(12)10-4-9(2,15)8(13)14/h3,15H,4H2,1-2H3,(H,10,12)(H,13,14). The van der Waals surface area contributed by atoms with Crippen LogP contribution in [0.1, 0.15) is 23.0 Å². The topological polar surface area (TPSA) is 113 Å². The van der Waals surface area contributed by atoms with Crippen LogP contribution in [0.3, 0.4) is 0 Å². The molecule has 0 fully saturated rings. The summed E-state index contributed by atoms with van der Waals surface area (Å²) in [5, 5.41) is 23.6. The van der Waals surface area contributed by atoms with E-state index in [2.05, 4.69) is 15.0 Å². The van der Waals surface area contributed by atoms with Gasteiger partial charge in [0.2, 0.25) is 5.76 Å². The second-order valence-electron chi connectivity index (χ2n) is 3.60. The molecular weight excluding hydrogens is 216 g/mol. The molecule has 0 aliphatic carbocycles. The van der Waals surface area contributed by atoms with Crippen molar-refractivity contribution in [2.24, 2.45) is 0 Å². The highest BCUT2D eigenvalue weighted by molar-refractivity contribution is 5.93. The maximum atomic E-state index is 11.4. The molecule has 0 saturated heterocycles. The Hall–Kier alpha value is -1.89. The fourth-order valence-corrected chi connectivity index (χ4v) is 0.918. The van der Waals surface area contributed by atoms with E-state index in [0.717, 1.165) is 6.92 Å². The van der Waals surface area contributed by atoms with Gasteiger partial charge in [0.05, 0.1) is 12.7 Å². The van der Waals surface area contributed by atoms with Crippen LogP contribution in [0.2, 0.25) is 0 Å². The number of carboxylic acid groups (broad SMARTS) is 1. The highest BCUT2D eigenvalue weighted by atomic mass is 16.5. The molecule has 1 rings (SSSR count). The van der Waals surface area contributed by atoms with Gasteiger partial charge in [-0.2, -0.15) is 0 Å². The van der Waals surface area contributed by atoms with E-state index in [1.165, 1.54) is 6.20 Å². The lowest BCUT2D eigenvalue weighted by Gasteiger charge is -2.17. The summed E-state index contributed by atoms with van der Waals surface area (Å²) in [6.07, 6.45) is 1.37. The molecule has 7 heteroatoms. The summed E-state index contributed by atoms with van der Waals surface area (Å²) in [4.78, 5) is 22.0. The lowest BCUT2D eigenvalue weighted by Crippen LogP contribution is -2.46. The van der Waals surface area contributed by atoms with Crippen LogP contribution in [0, 0.1) is 6.92 Å². The van der Waals surface area contributed by atoms with Crippen molar-refractivity contribution in [2.45, 2.75) is 19.4 Å². The molecule has 0 aromatic carbocycles. The molecule has 3 N–H and O–H groups in total. The summed E-state index contributed by atoms with van der Waals surface area (Å²) in [6.45, 7) is 2.30. The first-order valence-corrected chi connectivity index (χ1v) is 4.50. The molecule has 0 aliphatic rings. The van der Waals surface area contributed by atoms with Crippen molar-refractivity contribution in [2.75, 3.05) is 6.54 Å². The number of carbonyl (C=O) groups excluding carboxylic acids is 1. The van der Waals surface area contributed by atoms with Gasteiger partial charge in [0, 0.05) is 5.56 Å². The van der Waals surface area contributed by atoms with Crippen molar-refractivity contribution in [1.82, 2.24) is 10.5 Å². The highest BCUT2D eigenvalue weighted by Gasteiger charge is 2.31. The molecule has 1 heterocycles. The summed E-state index contributed by atoms with van der Waals surface area (Å²) in [6, 6.07) is 0. The number of aliphatic hydroxyl groups is 1. The largest absolute Gasteiger partial charge is 0.479 e. The number of aromatic nitrogens is 1. The van der Waals surface area contributed by atoms with Crippen molar-refractivity contribution >= 4 is 11.9 Å². The van der Waals surface area contributed by atoms with Crippen molar-refractivity contribution < 1.29 is 24.3 Å². The Balaban J connectivity index is 2.61. The van der Waals surface area contributed by atoms with Crippen molar-refractivity contribution in [1.29, 1.82) is 0 Å². The number of carbonyl (C=O) groups is 2. The lowest BCUT2D eigenvalue weighted by molar-refractivity contribution is -0.155. The van der Waals surface area contributed by atoms with Crippen LogP contribution < -0.4 is 5.32 Å². The van der Waals surface area contributed by atoms with Crippen molar-refractivity contribution in [3.63, 3.8) is 0 Å². The fraction of sp³-hybridized carbons (Fsp3) is 0.444. The van der Waals surface area contributed by atoms with E-state index in [-0.39, 0.29) is 5.76 Å². The first kappa shape index (κ1) is 12.2. The molecule has 0 bridgehead atoms. The number of amides is 1. The molecule has 88 valence electrons. The third kappa shape index (κ3) is 2.57. The number of nitrogens with one attached hydrogen (secondary N) is 1. The Kier molecular flexibility index (Phi) is 3.28. The fourth-order valence-electron chi connectivity index (χ4n) is 0.918. The zero-order valence-corrected chi connectivity index (χ0v) is 8.85. The summed E-state index contributed by atoms with van der Waals surface area (Å²) in [5.74, 6) is -2.03. The van der Waals surface area contributed by atoms with Gasteiger partial charge in [0.25, 0.3) is 5.91 Å². The van der Waals surface area contributed by atoms with Crippen LogP contribution in [-0.4, -0.2) is 39.4 Å². The first-order valence-electron chi connectivity index (χ1n) is 4.50. The van der Waals surface area contributed by atoms with Gasteiger partial charge >= 0.3 is 5.97 Å². The third-order valence-corrected chi connectivity index (χ3v) is 2.01. The first-order chi connectivity index (χ1) is 7.34. The van der Waals surface area contributed by atoms with E-state index < -0.39 is 24.0 Å². The molecule has 0 saturated carbocycles. The van der Waals surface area contributed by atoms with Gasteiger partial charge in [-0.3, -0.25) is 4.79 Å². The van der Waals surface area contributed by atoms with Gasteiger partial charge < -0.3 is 20.1 Å². The Morgan fingerprint density at radius 1 is 1.62 bits per heavy atom. The van der Waals surface area contributed by atoms with E-state index >= 15 is 0 Å². The lowest BCUT2D eigenvalue weighted by atomic mass is 10.1. The smallest absolute Gasteiger partial charge is 0.337 e. The number of hydrogen-bond donors (Lipinski definition) is 3. The average molecular weight is 228 g/mol. The monoisotopic (exact) mass is 228 g/mol.